The van der Waals surface area contributed by atoms with Crippen molar-refractivity contribution >= 4 is 5.91 Å². The number of nitrogens with zero attached hydrogens (tertiary/aromatic N) is 2. The molecule has 4 heteroatoms. The molecule has 1 amide bonds. The van der Waals surface area contributed by atoms with Gasteiger partial charge in [0.25, 0.3) is 0 Å². The van der Waals surface area contributed by atoms with Crippen molar-refractivity contribution in [2.75, 3.05) is 20.1 Å². The Bertz CT molecular complexity index is 240. The molecule has 0 saturated carbocycles. The maximum atomic E-state index is 12.0. The number of carbonyl (C=O) groups is 1. The highest BCUT2D eigenvalue weighted by molar-refractivity contribution is 5.81. The summed E-state index contributed by atoms with van der Waals surface area (Å²) >= 11 is 0. The number of carbonyl (C=O) groups excluding carboxylic acids is 1. The first-order chi connectivity index (χ1) is 7.43. The fraction of sp³-hybridized carbons (Fsp3) is 0.917. The van der Waals surface area contributed by atoms with Crippen LogP contribution in [0.1, 0.15) is 33.6 Å². The van der Waals surface area contributed by atoms with Crippen LogP contribution in [0.3, 0.4) is 0 Å². The van der Waals surface area contributed by atoms with Gasteiger partial charge in [0.2, 0.25) is 5.91 Å². The van der Waals surface area contributed by atoms with E-state index >= 15 is 0 Å². The van der Waals surface area contributed by atoms with E-state index in [1.807, 2.05) is 4.90 Å². The van der Waals surface area contributed by atoms with Gasteiger partial charge < -0.3 is 15.5 Å². The van der Waals surface area contributed by atoms with Crippen LogP contribution in [0.15, 0.2) is 0 Å². The van der Waals surface area contributed by atoms with Crippen LogP contribution in [0, 0.1) is 0 Å². The van der Waals surface area contributed by atoms with Crippen LogP contribution in [0.25, 0.3) is 0 Å². The second-order valence-corrected chi connectivity index (χ2v) is 5.15. The van der Waals surface area contributed by atoms with Crippen LogP contribution in [-0.2, 0) is 4.79 Å². The quantitative estimate of drug-likeness (QED) is 0.768. The number of rotatable bonds is 4. The van der Waals surface area contributed by atoms with Gasteiger partial charge in [0.15, 0.2) is 0 Å². The molecule has 0 aromatic rings. The van der Waals surface area contributed by atoms with Crippen LogP contribution in [-0.4, -0.2) is 54.0 Å². The van der Waals surface area contributed by atoms with Crippen LogP contribution in [0.5, 0.6) is 0 Å². The smallest absolute Gasteiger partial charge is 0.239 e. The van der Waals surface area contributed by atoms with E-state index in [2.05, 4.69) is 25.8 Å². The molecule has 2 N–H and O–H groups in total. The monoisotopic (exact) mass is 227 g/mol. The molecule has 0 aliphatic carbocycles. The Kier molecular flexibility index (Phi) is 4.74. The van der Waals surface area contributed by atoms with Crippen molar-refractivity contribution in [2.24, 2.45) is 5.73 Å². The molecular weight excluding hydrogens is 202 g/mol. The molecule has 0 aromatic heterocycles. The fourth-order valence-electron chi connectivity index (χ4n) is 2.25. The van der Waals surface area contributed by atoms with Gasteiger partial charge in [-0.2, -0.15) is 0 Å². The maximum absolute atomic E-state index is 12.0. The Labute approximate surface area is 98.8 Å². The molecule has 0 spiro atoms. The highest BCUT2D eigenvalue weighted by atomic mass is 16.2. The molecule has 0 aromatic carbocycles. The minimum Gasteiger partial charge on any atom is -0.337 e. The first-order valence-electron chi connectivity index (χ1n) is 6.19. The highest BCUT2D eigenvalue weighted by Gasteiger charge is 2.28. The SMILES string of the molecule is CC(N)C(=O)N(CC1CCCN1C)C(C)C. The molecular formula is C12H25N3O. The van der Waals surface area contributed by atoms with Gasteiger partial charge in [-0.05, 0) is 47.2 Å². The molecule has 1 rings (SSSR count). The van der Waals surface area contributed by atoms with E-state index in [-0.39, 0.29) is 11.9 Å². The zero-order valence-corrected chi connectivity index (χ0v) is 10.9. The average Bonchev–Trinajstić information content (AvgIpc) is 2.59. The summed E-state index contributed by atoms with van der Waals surface area (Å²) in [6, 6.07) is 0.340. The number of likely N-dealkylation sites (N-methyl/N-ethyl adjacent to an activating group) is 1. The molecule has 1 aliphatic rings. The van der Waals surface area contributed by atoms with Crippen molar-refractivity contribution in [1.29, 1.82) is 0 Å². The summed E-state index contributed by atoms with van der Waals surface area (Å²) in [6.45, 7) is 7.82. The van der Waals surface area contributed by atoms with Gasteiger partial charge in [-0.15, -0.1) is 0 Å². The van der Waals surface area contributed by atoms with Crippen LogP contribution in [0.2, 0.25) is 0 Å². The Morgan fingerprint density at radius 1 is 1.50 bits per heavy atom. The van der Waals surface area contributed by atoms with Crippen molar-refractivity contribution in [1.82, 2.24) is 9.80 Å². The van der Waals surface area contributed by atoms with Crippen molar-refractivity contribution in [3.05, 3.63) is 0 Å². The largest absolute Gasteiger partial charge is 0.337 e. The van der Waals surface area contributed by atoms with Gasteiger partial charge in [-0.25, -0.2) is 0 Å². The summed E-state index contributed by atoms with van der Waals surface area (Å²) in [5.41, 5.74) is 5.68. The summed E-state index contributed by atoms with van der Waals surface area (Å²) in [6.07, 6.45) is 2.42. The second-order valence-electron chi connectivity index (χ2n) is 5.15. The van der Waals surface area contributed by atoms with E-state index in [0.29, 0.717) is 6.04 Å². The molecule has 94 valence electrons. The molecule has 0 bridgehead atoms. The third kappa shape index (κ3) is 3.19. The number of likely N-dealkylation sites (tertiary alicyclic amines) is 1. The van der Waals surface area contributed by atoms with E-state index < -0.39 is 6.04 Å². The van der Waals surface area contributed by atoms with Crippen LogP contribution in [0.4, 0.5) is 0 Å². The number of amides is 1. The number of hydrogen-bond donors (Lipinski definition) is 1. The summed E-state index contributed by atoms with van der Waals surface area (Å²) in [5.74, 6) is 0.0651. The molecule has 1 aliphatic heterocycles. The average molecular weight is 227 g/mol. The molecule has 4 nitrogen and oxygen atoms in total. The minimum absolute atomic E-state index is 0.0651. The Balaban J connectivity index is 2.61. The Hall–Kier alpha value is -0.610. The van der Waals surface area contributed by atoms with E-state index in [1.54, 1.807) is 6.92 Å². The summed E-state index contributed by atoms with van der Waals surface area (Å²) in [4.78, 5) is 16.2. The van der Waals surface area contributed by atoms with Gasteiger partial charge in [-0.1, -0.05) is 0 Å². The predicted molar refractivity (Wildman–Crippen MR) is 66.2 cm³/mol. The van der Waals surface area contributed by atoms with Crippen LogP contribution < -0.4 is 5.73 Å². The van der Waals surface area contributed by atoms with E-state index in [9.17, 15) is 4.79 Å². The van der Waals surface area contributed by atoms with Gasteiger partial charge in [0.1, 0.15) is 0 Å². The second kappa shape index (κ2) is 5.64. The summed E-state index contributed by atoms with van der Waals surface area (Å²) in [7, 11) is 2.13. The lowest BCUT2D eigenvalue weighted by atomic mass is 10.1. The third-order valence-corrected chi connectivity index (χ3v) is 3.37. The van der Waals surface area contributed by atoms with E-state index in [1.165, 1.54) is 12.8 Å². The van der Waals surface area contributed by atoms with E-state index in [4.69, 9.17) is 5.73 Å². The minimum atomic E-state index is -0.394. The first-order valence-corrected chi connectivity index (χ1v) is 6.19. The molecule has 1 saturated heterocycles. The lowest BCUT2D eigenvalue weighted by Crippen LogP contribution is -2.50. The van der Waals surface area contributed by atoms with Crippen molar-refractivity contribution in [2.45, 2.75) is 51.7 Å². The van der Waals surface area contributed by atoms with Crippen molar-refractivity contribution in [3.8, 4) is 0 Å². The van der Waals surface area contributed by atoms with Gasteiger partial charge in [-0.3, -0.25) is 4.79 Å². The topological polar surface area (TPSA) is 49.6 Å². The molecule has 2 unspecified atom stereocenters. The normalized spacial score (nSPS) is 23.8. The Morgan fingerprint density at radius 2 is 2.12 bits per heavy atom. The molecule has 0 radical (unpaired) electrons. The van der Waals surface area contributed by atoms with Crippen molar-refractivity contribution in [3.63, 3.8) is 0 Å². The predicted octanol–water partition coefficient (Wildman–Crippen LogP) is 0.665. The zero-order valence-electron chi connectivity index (χ0n) is 10.9. The summed E-state index contributed by atoms with van der Waals surface area (Å²) in [5, 5.41) is 0. The lowest BCUT2D eigenvalue weighted by molar-refractivity contribution is -0.134. The highest BCUT2D eigenvalue weighted by Crippen LogP contribution is 2.17. The Morgan fingerprint density at radius 3 is 2.50 bits per heavy atom. The third-order valence-electron chi connectivity index (χ3n) is 3.37. The lowest BCUT2D eigenvalue weighted by Gasteiger charge is -2.33. The molecule has 2 atom stereocenters. The zero-order chi connectivity index (χ0) is 12.3. The number of nitrogens with two attached hydrogens (primary N) is 1. The standard InChI is InChI=1S/C12H25N3O/c1-9(2)15(12(16)10(3)13)8-11-6-5-7-14(11)4/h9-11H,5-8,13H2,1-4H3. The number of hydrogen-bond acceptors (Lipinski definition) is 3. The molecule has 1 heterocycles. The van der Waals surface area contributed by atoms with Gasteiger partial charge in [0, 0.05) is 18.6 Å². The van der Waals surface area contributed by atoms with Gasteiger partial charge >= 0.3 is 0 Å². The first kappa shape index (κ1) is 13.5. The maximum Gasteiger partial charge on any atom is 0.239 e. The summed E-state index contributed by atoms with van der Waals surface area (Å²) < 4.78 is 0. The molecule has 16 heavy (non-hydrogen) atoms. The van der Waals surface area contributed by atoms with Gasteiger partial charge in [0.05, 0.1) is 6.04 Å². The van der Waals surface area contributed by atoms with Crippen LogP contribution >= 0.6 is 0 Å². The van der Waals surface area contributed by atoms with E-state index in [0.717, 1.165) is 13.1 Å². The molecule has 1 fully saturated rings. The van der Waals surface area contributed by atoms with Crippen molar-refractivity contribution < 1.29 is 4.79 Å². The fourth-order valence-corrected chi connectivity index (χ4v) is 2.25.